The fourth-order valence-corrected chi connectivity index (χ4v) is 3.87. The Hall–Kier alpha value is -1.55. The Morgan fingerprint density at radius 2 is 1.84 bits per heavy atom. The first-order chi connectivity index (χ1) is 11.8. The van der Waals surface area contributed by atoms with Gasteiger partial charge in [-0.2, -0.15) is 0 Å². The monoisotopic (exact) mass is 348 g/mol. The number of hydrogen-bond donors (Lipinski definition) is 1. The summed E-state index contributed by atoms with van der Waals surface area (Å²) >= 11 is 0. The van der Waals surface area contributed by atoms with Crippen LogP contribution >= 0.6 is 0 Å². The van der Waals surface area contributed by atoms with Crippen LogP contribution in [0.2, 0.25) is 0 Å². The first kappa shape index (κ1) is 19.8. The summed E-state index contributed by atoms with van der Waals surface area (Å²) in [5, 5.41) is 10.6. The van der Waals surface area contributed by atoms with Crippen molar-refractivity contribution < 1.29 is 9.50 Å². The molecule has 3 nitrogen and oxygen atoms in total. The van der Waals surface area contributed by atoms with E-state index in [9.17, 15) is 9.50 Å². The number of phenolic OH excluding ortho intramolecular Hbond substituents is 1. The van der Waals surface area contributed by atoms with E-state index in [2.05, 4.69) is 30.4 Å². The van der Waals surface area contributed by atoms with Crippen molar-refractivity contribution in [3.05, 3.63) is 40.3 Å². The van der Waals surface area contributed by atoms with Crippen molar-refractivity contribution in [1.82, 2.24) is 9.80 Å². The summed E-state index contributed by atoms with van der Waals surface area (Å²) in [6, 6.07) is 0.424. The van der Waals surface area contributed by atoms with Crippen LogP contribution in [0, 0.1) is 19.7 Å². The van der Waals surface area contributed by atoms with Gasteiger partial charge in [0.2, 0.25) is 0 Å². The van der Waals surface area contributed by atoms with Crippen molar-refractivity contribution in [3.63, 3.8) is 0 Å². The van der Waals surface area contributed by atoms with E-state index >= 15 is 0 Å². The highest BCUT2D eigenvalue weighted by molar-refractivity contribution is 5.50. The molecule has 0 aromatic heterocycles. The van der Waals surface area contributed by atoms with Gasteiger partial charge in [0.25, 0.3) is 0 Å². The quantitative estimate of drug-likeness (QED) is 0.818. The second-order valence-electron chi connectivity index (χ2n) is 7.52. The molecular formula is C21H33FN2O. The maximum absolute atomic E-state index is 14.6. The molecule has 1 aromatic rings. The fraction of sp³-hybridized carbons (Fsp3) is 0.619. The van der Waals surface area contributed by atoms with Crippen molar-refractivity contribution in [2.75, 3.05) is 20.1 Å². The Balaban J connectivity index is 2.37. The molecule has 4 heteroatoms. The standard InChI is InChI=1S/C21H33FN2O/c1-7-8-18-15(4)19(21(25)16(5)20(18)22)13-24(14(2)3)17-9-11-23(6)12-10-17/h17,25H,2,7-13H2,1,3-6H3. The number of allylic oxidation sites excluding steroid dienone is 1. The van der Waals surface area contributed by atoms with Crippen molar-refractivity contribution in [3.8, 4) is 5.75 Å². The molecule has 1 heterocycles. The smallest absolute Gasteiger partial charge is 0.133 e. The largest absolute Gasteiger partial charge is 0.507 e. The summed E-state index contributed by atoms with van der Waals surface area (Å²) in [4.78, 5) is 4.64. The zero-order valence-corrected chi connectivity index (χ0v) is 16.5. The molecule has 0 saturated carbocycles. The Morgan fingerprint density at radius 3 is 2.36 bits per heavy atom. The molecule has 0 amide bonds. The van der Waals surface area contributed by atoms with E-state index in [1.54, 1.807) is 6.92 Å². The highest BCUT2D eigenvalue weighted by Crippen LogP contribution is 2.35. The lowest BCUT2D eigenvalue weighted by atomic mass is 9.93. The Kier molecular flexibility index (Phi) is 6.50. The van der Waals surface area contributed by atoms with Crippen LogP contribution in [0.5, 0.6) is 5.75 Å². The first-order valence-electron chi connectivity index (χ1n) is 9.37. The molecular weight excluding hydrogens is 315 g/mol. The van der Waals surface area contributed by atoms with Crippen molar-refractivity contribution in [2.24, 2.45) is 0 Å². The summed E-state index contributed by atoms with van der Waals surface area (Å²) < 4.78 is 14.6. The third-order valence-electron chi connectivity index (χ3n) is 5.59. The van der Waals surface area contributed by atoms with Crippen LogP contribution in [0.25, 0.3) is 0 Å². The van der Waals surface area contributed by atoms with E-state index in [4.69, 9.17) is 0 Å². The lowest BCUT2D eigenvalue weighted by Gasteiger charge is -2.39. The predicted molar refractivity (Wildman–Crippen MR) is 102 cm³/mol. The third kappa shape index (κ3) is 4.17. The molecule has 2 rings (SSSR count). The summed E-state index contributed by atoms with van der Waals surface area (Å²) in [6.07, 6.45) is 3.77. The molecule has 0 radical (unpaired) electrons. The molecule has 1 saturated heterocycles. The number of phenols is 1. The molecule has 1 fully saturated rings. The molecule has 0 spiro atoms. The van der Waals surface area contributed by atoms with E-state index in [0.717, 1.165) is 54.7 Å². The topological polar surface area (TPSA) is 26.7 Å². The molecule has 0 aliphatic carbocycles. The molecule has 25 heavy (non-hydrogen) atoms. The van der Waals surface area contributed by atoms with Gasteiger partial charge in [0.15, 0.2) is 0 Å². The van der Waals surface area contributed by atoms with Crippen molar-refractivity contribution in [2.45, 2.75) is 66.0 Å². The highest BCUT2D eigenvalue weighted by Gasteiger charge is 2.26. The van der Waals surface area contributed by atoms with Gasteiger partial charge in [-0.1, -0.05) is 19.9 Å². The van der Waals surface area contributed by atoms with Crippen LogP contribution in [0.15, 0.2) is 12.3 Å². The number of nitrogens with zero attached hydrogens (tertiary/aromatic N) is 2. The molecule has 1 aliphatic heterocycles. The van der Waals surface area contributed by atoms with E-state index < -0.39 is 0 Å². The molecule has 0 unspecified atom stereocenters. The number of rotatable bonds is 6. The zero-order chi connectivity index (χ0) is 18.7. The van der Waals surface area contributed by atoms with E-state index in [1.165, 1.54) is 0 Å². The number of benzene rings is 1. The molecule has 0 atom stereocenters. The number of aromatic hydroxyl groups is 1. The minimum absolute atomic E-state index is 0.106. The summed E-state index contributed by atoms with van der Waals surface area (Å²) in [6.45, 7) is 14.6. The van der Waals surface area contributed by atoms with Crippen LogP contribution in [0.4, 0.5) is 4.39 Å². The lowest BCUT2D eigenvalue weighted by Crippen LogP contribution is -2.42. The van der Waals surface area contributed by atoms with E-state index in [0.29, 0.717) is 24.6 Å². The van der Waals surface area contributed by atoms with E-state index in [-0.39, 0.29) is 11.6 Å². The number of piperidine rings is 1. The third-order valence-corrected chi connectivity index (χ3v) is 5.59. The second-order valence-corrected chi connectivity index (χ2v) is 7.52. The summed E-state index contributed by atoms with van der Waals surface area (Å²) in [5.74, 6) is -0.143. The van der Waals surface area contributed by atoms with Gasteiger partial charge in [0.1, 0.15) is 11.6 Å². The van der Waals surface area contributed by atoms with Gasteiger partial charge >= 0.3 is 0 Å². The lowest BCUT2D eigenvalue weighted by molar-refractivity contribution is 0.144. The Morgan fingerprint density at radius 1 is 1.24 bits per heavy atom. The molecule has 0 bridgehead atoms. The van der Waals surface area contributed by atoms with Gasteiger partial charge in [-0.25, -0.2) is 4.39 Å². The minimum Gasteiger partial charge on any atom is -0.507 e. The fourth-order valence-electron chi connectivity index (χ4n) is 3.87. The van der Waals surface area contributed by atoms with Crippen molar-refractivity contribution >= 4 is 0 Å². The maximum Gasteiger partial charge on any atom is 0.133 e. The molecule has 1 N–H and O–H groups in total. The predicted octanol–water partition coefficient (Wildman–Crippen LogP) is 4.53. The minimum atomic E-state index is -0.248. The zero-order valence-electron chi connectivity index (χ0n) is 16.5. The first-order valence-corrected chi connectivity index (χ1v) is 9.37. The Bertz CT molecular complexity index is 634. The normalized spacial score (nSPS) is 16.2. The van der Waals surface area contributed by atoms with Gasteiger partial charge in [-0.15, -0.1) is 0 Å². The van der Waals surface area contributed by atoms with Gasteiger partial charge in [0.05, 0.1) is 0 Å². The van der Waals surface area contributed by atoms with Crippen LogP contribution in [-0.2, 0) is 13.0 Å². The van der Waals surface area contributed by atoms with Crippen LogP contribution in [0.1, 0.15) is 55.4 Å². The van der Waals surface area contributed by atoms with Crippen LogP contribution in [0.3, 0.4) is 0 Å². The van der Waals surface area contributed by atoms with Gasteiger partial charge in [-0.05, 0) is 71.3 Å². The highest BCUT2D eigenvalue weighted by atomic mass is 19.1. The average Bonchev–Trinajstić information content (AvgIpc) is 2.58. The Labute approximate surface area is 152 Å². The number of halogens is 1. The number of likely N-dealkylation sites (tertiary alicyclic amines) is 1. The summed E-state index contributed by atoms with van der Waals surface area (Å²) in [5.41, 5.74) is 3.87. The maximum atomic E-state index is 14.6. The molecule has 140 valence electrons. The van der Waals surface area contributed by atoms with Gasteiger partial charge in [0, 0.05) is 29.4 Å². The van der Waals surface area contributed by atoms with Crippen LogP contribution in [-0.4, -0.2) is 41.1 Å². The van der Waals surface area contributed by atoms with Gasteiger partial charge in [-0.3, -0.25) is 0 Å². The van der Waals surface area contributed by atoms with Gasteiger partial charge < -0.3 is 14.9 Å². The molecule has 1 aromatic carbocycles. The number of hydrogen-bond acceptors (Lipinski definition) is 3. The second kappa shape index (κ2) is 8.22. The average molecular weight is 349 g/mol. The molecule has 1 aliphatic rings. The van der Waals surface area contributed by atoms with Crippen molar-refractivity contribution in [1.29, 1.82) is 0 Å². The SMILES string of the molecule is C=C(C)N(Cc1c(C)c(CCC)c(F)c(C)c1O)C1CCN(C)CC1. The van der Waals surface area contributed by atoms with E-state index in [1.807, 2.05) is 13.8 Å². The summed E-state index contributed by atoms with van der Waals surface area (Å²) in [7, 11) is 2.15. The van der Waals surface area contributed by atoms with Crippen LogP contribution < -0.4 is 0 Å².